The van der Waals surface area contributed by atoms with Crippen LogP contribution in [0.1, 0.15) is 36.3 Å². The number of aliphatic hydroxyl groups is 1. The molecule has 0 radical (unpaired) electrons. The highest BCUT2D eigenvalue weighted by molar-refractivity contribution is 7.89. The van der Waals surface area contributed by atoms with E-state index in [1.54, 1.807) is 30.6 Å². The number of aryl methyl sites for hydroxylation is 2. The van der Waals surface area contributed by atoms with Crippen molar-refractivity contribution in [2.45, 2.75) is 56.6 Å². The molecule has 1 saturated carbocycles. The van der Waals surface area contributed by atoms with Crippen LogP contribution in [-0.2, 0) is 10.0 Å². The quantitative estimate of drug-likeness (QED) is 0.534. The minimum Gasteiger partial charge on any atom is -0.393 e. The number of sulfonamides is 1. The third-order valence-corrected chi connectivity index (χ3v) is 7.91. The van der Waals surface area contributed by atoms with Gasteiger partial charge in [0.05, 0.1) is 32.8 Å². The van der Waals surface area contributed by atoms with Gasteiger partial charge in [-0.2, -0.15) is 0 Å². The Bertz CT molecular complexity index is 1200. The molecule has 1 aliphatic rings. The maximum absolute atomic E-state index is 13.0. The maximum Gasteiger partial charge on any atom is 0.240 e. The summed E-state index contributed by atoms with van der Waals surface area (Å²) in [7, 11) is -3.70. The molecule has 0 unspecified atom stereocenters. The molecule has 164 valence electrons. The first-order chi connectivity index (χ1) is 14.7. The van der Waals surface area contributed by atoms with E-state index in [9.17, 15) is 13.5 Å². The number of aromatic nitrogens is 3. The van der Waals surface area contributed by atoms with Crippen LogP contribution >= 0.6 is 11.3 Å². The summed E-state index contributed by atoms with van der Waals surface area (Å²) in [5.41, 5.74) is 8.68. The van der Waals surface area contributed by atoms with Gasteiger partial charge in [0.2, 0.25) is 10.0 Å². The first-order valence-electron chi connectivity index (χ1n) is 10.1. The van der Waals surface area contributed by atoms with Crippen molar-refractivity contribution in [3.63, 3.8) is 0 Å². The zero-order chi connectivity index (χ0) is 22.2. The summed E-state index contributed by atoms with van der Waals surface area (Å²) in [6.45, 7) is 3.80. The van der Waals surface area contributed by atoms with Gasteiger partial charge < -0.3 is 10.8 Å². The van der Waals surface area contributed by atoms with E-state index in [0.29, 0.717) is 48.5 Å². The molecule has 0 atom stereocenters. The second kappa shape index (κ2) is 8.62. The van der Waals surface area contributed by atoms with Crippen molar-refractivity contribution >= 4 is 27.2 Å². The Morgan fingerprint density at radius 2 is 1.87 bits per heavy atom. The van der Waals surface area contributed by atoms with E-state index >= 15 is 0 Å². The van der Waals surface area contributed by atoms with Gasteiger partial charge >= 0.3 is 0 Å². The molecule has 4 N–H and O–H groups in total. The van der Waals surface area contributed by atoms with Crippen LogP contribution in [0.25, 0.3) is 21.8 Å². The Morgan fingerprint density at radius 1 is 1.13 bits per heavy atom. The number of anilines is 1. The monoisotopic (exact) mass is 459 g/mol. The van der Waals surface area contributed by atoms with Gasteiger partial charge in [0.15, 0.2) is 5.82 Å². The standard InChI is InChI=1S/C21H25N5O3S2/c1-12-3-8-16(31(28,29)26-14-4-6-15(27)7-5-14)9-17(12)18-10-24-21(22)20(25-18)19-11-23-13(2)30-19/h3,8-11,14-15,26-27H,4-7H2,1-2H3,(H2,22,24). The number of thiazole rings is 1. The second-order valence-corrected chi connectivity index (χ2v) is 10.8. The number of aliphatic hydroxyl groups excluding tert-OH is 1. The van der Waals surface area contributed by atoms with Crippen molar-refractivity contribution in [1.29, 1.82) is 0 Å². The van der Waals surface area contributed by atoms with Gasteiger partial charge in [-0.1, -0.05) is 6.07 Å². The van der Waals surface area contributed by atoms with E-state index in [-0.39, 0.29) is 17.0 Å². The summed E-state index contributed by atoms with van der Waals surface area (Å²) in [5, 5.41) is 10.6. The van der Waals surface area contributed by atoms with Crippen LogP contribution in [0.5, 0.6) is 0 Å². The number of hydrogen-bond donors (Lipinski definition) is 3. The van der Waals surface area contributed by atoms with Crippen LogP contribution in [0, 0.1) is 13.8 Å². The number of hydrogen-bond acceptors (Lipinski definition) is 8. The molecule has 0 saturated heterocycles. The average molecular weight is 460 g/mol. The molecule has 10 heteroatoms. The molecule has 0 spiro atoms. The highest BCUT2D eigenvalue weighted by atomic mass is 32.2. The van der Waals surface area contributed by atoms with Gasteiger partial charge in [-0.15, -0.1) is 11.3 Å². The van der Waals surface area contributed by atoms with Crippen LogP contribution in [0.2, 0.25) is 0 Å². The fraction of sp³-hybridized carbons (Fsp3) is 0.381. The van der Waals surface area contributed by atoms with E-state index in [4.69, 9.17) is 5.73 Å². The van der Waals surface area contributed by atoms with E-state index in [0.717, 1.165) is 15.4 Å². The molecule has 1 aromatic carbocycles. The molecular weight excluding hydrogens is 434 g/mol. The highest BCUT2D eigenvalue weighted by Crippen LogP contribution is 2.32. The Hall–Kier alpha value is -2.40. The van der Waals surface area contributed by atoms with Crippen molar-refractivity contribution in [3.8, 4) is 21.8 Å². The molecule has 1 aliphatic carbocycles. The third kappa shape index (κ3) is 4.77. The summed E-state index contributed by atoms with van der Waals surface area (Å²) in [5.74, 6) is 0.301. The molecule has 4 rings (SSSR count). The lowest BCUT2D eigenvalue weighted by Gasteiger charge is -2.26. The SMILES string of the molecule is Cc1ncc(-c2nc(-c3cc(S(=O)(=O)NC4CCC(O)CC4)ccc3C)cnc2N)s1. The number of nitrogens with zero attached hydrogens (tertiary/aromatic N) is 3. The van der Waals surface area contributed by atoms with Crippen LogP contribution < -0.4 is 10.5 Å². The summed E-state index contributed by atoms with van der Waals surface area (Å²) in [4.78, 5) is 14.2. The molecule has 1 fully saturated rings. The molecular formula is C21H25N5O3S2. The smallest absolute Gasteiger partial charge is 0.240 e. The number of nitrogen functional groups attached to an aromatic ring is 1. The molecule has 8 nitrogen and oxygen atoms in total. The van der Waals surface area contributed by atoms with Crippen LogP contribution in [0.15, 0.2) is 35.5 Å². The van der Waals surface area contributed by atoms with Gasteiger partial charge in [-0.3, -0.25) is 0 Å². The van der Waals surface area contributed by atoms with Gasteiger partial charge in [-0.05, 0) is 57.2 Å². The molecule has 0 amide bonds. The molecule has 0 aliphatic heterocycles. The lowest BCUT2D eigenvalue weighted by Crippen LogP contribution is -2.38. The number of nitrogens with one attached hydrogen (secondary N) is 1. The van der Waals surface area contributed by atoms with E-state index in [2.05, 4.69) is 19.7 Å². The summed E-state index contributed by atoms with van der Waals surface area (Å²) in [6.07, 6.45) is 5.39. The van der Waals surface area contributed by atoms with E-state index in [1.807, 2.05) is 13.8 Å². The Kier molecular flexibility index (Phi) is 6.07. The van der Waals surface area contributed by atoms with Crippen molar-refractivity contribution in [1.82, 2.24) is 19.7 Å². The van der Waals surface area contributed by atoms with E-state index in [1.165, 1.54) is 11.3 Å². The van der Waals surface area contributed by atoms with Gasteiger partial charge in [-0.25, -0.2) is 28.1 Å². The molecule has 2 heterocycles. The predicted molar refractivity (Wildman–Crippen MR) is 121 cm³/mol. The predicted octanol–water partition coefficient (Wildman–Crippen LogP) is 3.05. The van der Waals surface area contributed by atoms with Crippen LogP contribution in [0.3, 0.4) is 0 Å². The van der Waals surface area contributed by atoms with Gasteiger partial charge in [0, 0.05) is 17.8 Å². The molecule has 3 aromatic rings. The fourth-order valence-corrected chi connectivity index (χ4v) is 5.81. The number of rotatable bonds is 5. The number of benzene rings is 1. The summed E-state index contributed by atoms with van der Waals surface area (Å²) >= 11 is 1.47. The third-order valence-electron chi connectivity index (χ3n) is 5.47. The Balaban J connectivity index is 1.67. The zero-order valence-electron chi connectivity index (χ0n) is 17.4. The maximum atomic E-state index is 13.0. The van der Waals surface area contributed by atoms with Crippen molar-refractivity contribution in [3.05, 3.63) is 41.2 Å². The first-order valence-corrected chi connectivity index (χ1v) is 12.4. The Labute approximate surface area is 185 Å². The van der Waals surface area contributed by atoms with Crippen LogP contribution in [0.4, 0.5) is 5.82 Å². The molecule has 2 aromatic heterocycles. The minimum atomic E-state index is -3.70. The van der Waals surface area contributed by atoms with Crippen molar-refractivity contribution in [2.75, 3.05) is 5.73 Å². The minimum absolute atomic E-state index is 0.171. The van der Waals surface area contributed by atoms with Crippen LogP contribution in [-0.4, -0.2) is 40.6 Å². The van der Waals surface area contributed by atoms with Crippen molar-refractivity contribution in [2.24, 2.45) is 0 Å². The van der Waals surface area contributed by atoms with Crippen molar-refractivity contribution < 1.29 is 13.5 Å². The first kappa shape index (κ1) is 21.8. The summed E-state index contributed by atoms with van der Waals surface area (Å²) < 4.78 is 28.7. The summed E-state index contributed by atoms with van der Waals surface area (Å²) in [6, 6.07) is 4.81. The molecule has 31 heavy (non-hydrogen) atoms. The lowest BCUT2D eigenvalue weighted by molar-refractivity contribution is 0.120. The number of nitrogens with two attached hydrogens (primary N) is 1. The topological polar surface area (TPSA) is 131 Å². The highest BCUT2D eigenvalue weighted by Gasteiger charge is 2.25. The average Bonchev–Trinajstić information content (AvgIpc) is 3.16. The Morgan fingerprint density at radius 3 is 2.55 bits per heavy atom. The fourth-order valence-electron chi connectivity index (χ4n) is 3.71. The lowest BCUT2D eigenvalue weighted by atomic mass is 9.94. The molecule has 0 bridgehead atoms. The zero-order valence-corrected chi connectivity index (χ0v) is 19.0. The van der Waals surface area contributed by atoms with Gasteiger partial charge in [0.25, 0.3) is 0 Å². The normalized spacial score (nSPS) is 19.5. The van der Waals surface area contributed by atoms with E-state index < -0.39 is 10.0 Å². The van der Waals surface area contributed by atoms with Gasteiger partial charge in [0.1, 0.15) is 5.69 Å². The second-order valence-electron chi connectivity index (χ2n) is 7.84. The largest absolute Gasteiger partial charge is 0.393 e.